The largest absolute Gasteiger partial charge is 0.379 e. The molecule has 0 radical (unpaired) electrons. The second-order valence-electron chi connectivity index (χ2n) is 4.39. The van der Waals surface area contributed by atoms with Gasteiger partial charge in [-0.25, -0.2) is 0 Å². The van der Waals surface area contributed by atoms with E-state index in [-0.39, 0.29) is 17.9 Å². The number of nitrogens with one attached hydrogen (secondary N) is 2. The molecule has 0 aliphatic carbocycles. The Morgan fingerprint density at radius 1 is 1.31 bits per heavy atom. The maximum atomic E-state index is 11.8. The van der Waals surface area contributed by atoms with Crippen molar-refractivity contribution in [1.82, 2.24) is 10.6 Å². The summed E-state index contributed by atoms with van der Waals surface area (Å²) in [6.07, 6.45) is 4.76. The van der Waals surface area contributed by atoms with Gasteiger partial charge < -0.3 is 15.4 Å². The molecule has 0 aromatic rings. The highest BCUT2D eigenvalue weighted by Crippen LogP contribution is 2.13. The second-order valence-corrected chi connectivity index (χ2v) is 4.39. The summed E-state index contributed by atoms with van der Waals surface area (Å²) in [4.78, 5) is 11.8. The fourth-order valence-electron chi connectivity index (χ4n) is 1.99. The topological polar surface area (TPSA) is 50.4 Å². The molecule has 4 nitrogen and oxygen atoms in total. The lowest BCUT2D eigenvalue weighted by atomic mass is 10.0. The van der Waals surface area contributed by atoms with Crippen LogP contribution in [-0.2, 0) is 9.53 Å². The van der Waals surface area contributed by atoms with Crippen molar-refractivity contribution in [3.05, 3.63) is 0 Å². The van der Waals surface area contributed by atoms with Crippen LogP contribution in [0.4, 0.5) is 0 Å². The summed E-state index contributed by atoms with van der Waals surface area (Å²) < 4.78 is 5.30. The summed E-state index contributed by atoms with van der Waals surface area (Å²) in [5.74, 6) is 0.115. The van der Waals surface area contributed by atoms with Crippen molar-refractivity contribution in [3.63, 3.8) is 0 Å². The molecule has 94 valence electrons. The van der Waals surface area contributed by atoms with Crippen LogP contribution in [0, 0.1) is 5.92 Å². The lowest BCUT2D eigenvalue weighted by Gasteiger charge is -2.16. The van der Waals surface area contributed by atoms with Gasteiger partial charge in [0, 0.05) is 12.6 Å². The van der Waals surface area contributed by atoms with E-state index in [0.29, 0.717) is 13.2 Å². The first-order valence-electron chi connectivity index (χ1n) is 6.32. The van der Waals surface area contributed by atoms with Crippen molar-refractivity contribution < 1.29 is 9.53 Å². The molecule has 0 aromatic carbocycles. The summed E-state index contributed by atoms with van der Waals surface area (Å²) in [7, 11) is 1.88. The fourth-order valence-corrected chi connectivity index (χ4v) is 1.99. The summed E-state index contributed by atoms with van der Waals surface area (Å²) in [6.45, 7) is 4.18. The number of unbranched alkanes of at least 4 members (excludes halogenated alkanes) is 3. The SMILES string of the molecule is CCCCCCNC(=O)C1COCC1NC. The molecule has 4 heteroatoms. The Labute approximate surface area is 98.1 Å². The van der Waals surface area contributed by atoms with Gasteiger partial charge >= 0.3 is 0 Å². The molecule has 2 atom stereocenters. The smallest absolute Gasteiger partial charge is 0.227 e. The quantitative estimate of drug-likeness (QED) is 0.637. The zero-order valence-corrected chi connectivity index (χ0v) is 10.4. The maximum absolute atomic E-state index is 11.8. The minimum absolute atomic E-state index is 0.0174. The third-order valence-electron chi connectivity index (χ3n) is 3.12. The van der Waals surface area contributed by atoms with Crippen molar-refractivity contribution in [1.29, 1.82) is 0 Å². The molecule has 1 fully saturated rings. The van der Waals surface area contributed by atoms with E-state index in [1.165, 1.54) is 19.3 Å². The molecule has 1 heterocycles. The molecule has 1 saturated heterocycles. The molecule has 0 spiro atoms. The average molecular weight is 228 g/mol. The van der Waals surface area contributed by atoms with Crippen molar-refractivity contribution in [2.45, 2.75) is 38.6 Å². The van der Waals surface area contributed by atoms with Gasteiger partial charge in [-0.15, -0.1) is 0 Å². The zero-order chi connectivity index (χ0) is 11.8. The van der Waals surface area contributed by atoms with E-state index < -0.39 is 0 Å². The number of amides is 1. The molecule has 1 rings (SSSR count). The highest BCUT2D eigenvalue weighted by atomic mass is 16.5. The van der Waals surface area contributed by atoms with Crippen LogP contribution in [0.1, 0.15) is 32.6 Å². The molecule has 2 N–H and O–H groups in total. The van der Waals surface area contributed by atoms with Gasteiger partial charge in [0.05, 0.1) is 19.1 Å². The first-order chi connectivity index (χ1) is 7.79. The summed E-state index contributed by atoms with van der Waals surface area (Å²) in [6, 6.07) is 0.177. The number of hydrogen-bond acceptors (Lipinski definition) is 3. The number of rotatable bonds is 7. The lowest BCUT2D eigenvalue weighted by Crippen LogP contribution is -2.42. The van der Waals surface area contributed by atoms with Crippen LogP contribution in [0.3, 0.4) is 0 Å². The zero-order valence-electron chi connectivity index (χ0n) is 10.4. The van der Waals surface area contributed by atoms with E-state index in [0.717, 1.165) is 13.0 Å². The minimum Gasteiger partial charge on any atom is -0.379 e. The van der Waals surface area contributed by atoms with E-state index in [2.05, 4.69) is 17.6 Å². The van der Waals surface area contributed by atoms with Crippen LogP contribution in [0.5, 0.6) is 0 Å². The number of ether oxygens (including phenoxy) is 1. The second kappa shape index (κ2) is 7.63. The Hall–Kier alpha value is -0.610. The van der Waals surface area contributed by atoms with Crippen LogP contribution in [0.25, 0.3) is 0 Å². The Bertz CT molecular complexity index is 209. The van der Waals surface area contributed by atoms with Gasteiger partial charge in [0.25, 0.3) is 0 Å². The van der Waals surface area contributed by atoms with Crippen molar-refractivity contribution in [3.8, 4) is 0 Å². The first kappa shape index (κ1) is 13.5. The highest BCUT2D eigenvalue weighted by molar-refractivity contribution is 5.79. The third kappa shape index (κ3) is 4.10. The van der Waals surface area contributed by atoms with E-state index in [4.69, 9.17) is 4.74 Å². The van der Waals surface area contributed by atoms with Crippen molar-refractivity contribution in [2.75, 3.05) is 26.8 Å². The molecule has 2 unspecified atom stereocenters. The predicted molar refractivity (Wildman–Crippen MR) is 64.3 cm³/mol. The summed E-state index contributed by atoms with van der Waals surface area (Å²) in [5, 5.41) is 6.11. The lowest BCUT2D eigenvalue weighted by molar-refractivity contribution is -0.125. The van der Waals surface area contributed by atoms with Gasteiger partial charge in [0.2, 0.25) is 5.91 Å². The monoisotopic (exact) mass is 228 g/mol. The Morgan fingerprint density at radius 3 is 2.81 bits per heavy atom. The number of likely N-dealkylation sites (N-methyl/N-ethyl adjacent to an activating group) is 1. The molecule has 0 bridgehead atoms. The van der Waals surface area contributed by atoms with Crippen molar-refractivity contribution >= 4 is 5.91 Å². The Kier molecular flexibility index (Phi) is 6.42. The average Bonchev–Trinajstić information content (AvgIpc) is 2.76. The molecule has 1 aliphatic rings. The first-order valence-corrected chi connectivity index (χ1v) is 6.32. The van der Waals surface area contributed by atoms with E-state index in [1.54, 1.807) is 0 Å². The summed E-state index contributed by atoms with van der Waals surface area (Å²) >= 11 is 0. The minimum atomic E-state index is -0.0174. The molecule has 0 aromatic heterocycles. The standard InChI is InChI=1S/C12H24N2O2/c1-3-4-5-6-7-14-12(15)10-8-16-9-11(10)13-2/h10-11,13H,3-9H2,1-2H3,(H,14,15). The van der Waals surface area contributed by atoms with Gasteiger partial charge in [-0.3, -0.25) is 4.79 Å². The Balaban J connectivity index is 2.14. The van der Waals surface area contributed by atoms with Gasteiger partial charge in [-0.1, -0.05) is 26.2 Å². The highest BCUT2D eigenvalue weighted by Gasteiger charge is 2.32. The molecule has 16 heavy (non-hydrogen) atoms. The van der Waals surface area contributed by atoms with E-state index >= 15 is 0 Å². The van der Waals surface area contributed by atoms with Gasteiger partial charge in [0.1, 0.15) is 0 Å². The summed E-state index contributed by atoms with van der Waals surface area (Å²) in [5.41, 5.74) is 0. The van der Waals surface area contributed by atoms with Gasteiger partial charge in [0.15, 0.2) is 0 Å². The number of carbonyl (C=O) groups is 1. The number of hydrogen-bond donors (Lipinski definition) is 2. The van der Waals surface area contributed by atoms with Crippen LogP contribution in [-0.4, -0.2) is 38.8 Å². The molecule has 1 amide bonds. The van der Waals surface area contributed by atoms with Crippen LogP contribution >= 0.6 is 0 Å². The molecular weight excluding hydrogens is 204 g/mol. The Morgan fingerprint density at radius 2 is 2.12 bits per heavy atom. The molecule has 0 saturated carbocycles. The van der Waals surface area contributed by atoms with Crippen LogP contribution < -0.4 is 10.6 Å². The van der Waals surface area contributed by atoms with Gasteiger partial charge in [-0.2, -0.15) is 0 Å². The molecule has 1 aliphatic heterocycles. The fraction of sp³-hybridized carbons (Fsp3) is 0.917. The van der Waals surface area contributed by atoms with E-state index in [1.807, 2.05) is 7.05 Å². The van der Waals surface area contributed by atoms with Crippen LogP contribution in [0.2, 0.25) is 0 Å². The third-order valence-corrected chi connectivity index (χ3v) is 3.12. The molecular formula is C12H24N2O2. The number of carbonyl (C=O) groups excluding carboxylic acids is 1. The predicted octanol–water partition coefficient (Wildman–Crippen LogP) is 0.917. The normalized spacial score (nSPS) is 24.6. The van der Waals surface area contributed by atoms with Crippen LogP contribution in [0.15, 0.2) is 0 Å². The van der Waals surface area contributed by atoms with Gasteiger partial charge in [-0.05, 0) is 13.5 Å². The van der Waals surface area contributed by atoms with E-state index in [9.17, 15) is 4.79 Å². The van der Waals surface area contributed by atoms with Crippen molar-refractivity contribution in [2.24, 2.45) is 5.92 Å². The maximum Gasteiger partial charge on any atom is 0.227 e.